The van der Waals surface area contributed by atoms with Crippen LogP contribution in [0.5, 0.6) is 0 Å². The SMILES string of the molecule is CCn1nc(C)cc1CN1CCCC(C(C)N)C1. The molecule has 0 amide bonds. The fourth-order valence-electron chi connectivity index (χ4n) is 2.89. The second-order valence-corrected chi connectivity index (χ2v) is 5.59. The fourth-order valence-corrected chi connectivity index (χ4v) is 2.89. The van der Waals surface area contributed by atoms with Gasteiger partial charge in [-0.1, -0.05) is 0 Å². The number of rotatable bonds is 4. The first-order valence-corrected chi connectivity index (χ1v) is 7.11. The lowest BCUT2D eigenvalue weighted by Gasteiger charge is -2.34. The second-order valence-electron chi connectivity index (χ2n) is 5.59. The van der Waals surface area contributed by atoms with E-state index in [1.54, 1.807) is 0 Å². The van der Waals surface area contributed by atoms with Crippen molar-refractivity contribution in [3.8, 4) is 0 Å². The van der Waals surface area contributed by atoms with Gasteiger partial charge in [-0.3, -0.25) is 9.58 Å². The largest absolute Gasteiger partial charge is 0.328 e. The van der Waals surface area contributed by atoms with Gasteiger partial charge >= 0.3 is 0 Å². The summed E-state index contributed by atoms with van der Waals surface area (Å²) in [5.74, 6) is 0.651. The van der Waals surface area contributed by atoms with Crippen LogP contribution in [-0.2, 0) is 13.1 Å². The minimum atomic E-state index is 0.311. The highest BCUT2D eigenvalue weighted by atomic mass is 15.3. The summed E-state index contributed by atoms with van der Waals surface area (Å²) in [6, 6.07) is 2.52. The quantitative estimate of drug-likeness (QED) is 0.886. The average molecular weight is 250 g/mol. The van der Waals surface area contributed by atoms with E-state index >= 15 is 0 Å². The first kappa shape index (κ1) is 13.6. The van der Waals surface area contributed by atoms with Crippen LogP contribution in [0.25, 0.3) is 0 Å². The predicted molar refractivity (Wildman–Crippen MR) is 74.3 cm³/mol. The molecule has 4 nitrogen and oxygen atoms in total. The van der Waals surface area contributed by atoms with E-state index in [1.165, 1.54) is 25.1 Å². The Morgan fingerprint density at radius 2 is 2.33 bits per heavy atom. The molecular weight excluding hydrogens is 224 g/mol. The molecule has 1 saturated heterocycles. The highest BCUT2D eigenvalue weighted by Crippen LogP contribution is 2.20. The third-order valence-corrected chi connectivity index (χ3v) is 3.96. The van der Waals surface area contributed by atoms with Crippen molar-refractivity contribution in [1.29, 1.82) is 0 Å². The van der Waals surface area contributed by atoms with E-state index < -0.39 is 0 Å². The highest BCUT2D eigenvalue weighted by Gasteiger charge is 2.23. The third-order valence-electron chi connectivity index (χ3n) is 3.96. The molecule has 0 radical (unpaired) electrons. The van der Waals surface area contributed by atoms with Crippen LogP contribution < -0.4 is 5.73 Å². The fraction of sp³-hybridized carbons (Fsp3) is 0.786. The van der Waals surface area contributed by atoms with Crippen molar-refractivity contribution in [2.24, 2.45) is 11.7 Å². The lowest BCUT2D eigenvalue weighted by molar-refractivity contribution is 0.151. The summed E-state index contributed by atoms with van der Waals surface area (Å²) in [6.45, 7) is 10.6. The zero-order valence-corrected chi connectivity index (χ0v) is 11.9. The monoisotopic (exact) mass is 250 g/mol. The summed E-state index contributed by atoms with van der Waals surface area (Å²) in [5, 5.41) is 4.51. The molecule has 0 saturated carbocycles. The van der Waals surface area contributed by atoms with Crippen molar-refractivity contribution in [2.45, 2.75) is 52.7 Å². The van der Waals surface area contributed by atoms with Crippen molar-refractivity contribution >= 4 is 0 Å². The number of hydrogen-bond donors (Lipinski definition) is 1. The van der Waals surface area contributed by atoms with Crippen LogP contribution in [0.15, 0.2) is 6.07 Å². The minimum absolute atomic E-state index is 0.311. The van der Waals surface area contributed by atoms with Gasteiger partial charge in [0.05, 0.1) is 11.4 Å². The molecule has 1 fully saturated rings. The number of nitrogens with zero attached hydrogens (tertiary/aromatic N) is 3. The Kier molecular flexibility index (Phi) is 4.40. The van der Waals surface area contributed by atoms with Crippen molar-refractivity contribution < 1.29 is 0 Å². The molecule has 0 bridgehead atoms. The lowest BCUT2D eigenvalue weighted by Crippen LogP contribution is -2.42. The maximum absolute atomic E-state index is 6.04. The van der Waals surface area contributed by atoms with Crippen molar-refractivity contribution in [2.75, 3.05) is 13.1 Å². The molecule has 1 aliphatic rings. The number of aromatic nitrogens is 2. The van der Waals surface area contributed by atoms with Crippen molar-refractivity contribution in [1.82, 2.24) is 14.7 Å². The van der Waals surface area contributed by atoms with Crippen molar-refractivity contribution in [3.63, 3.8) is 0 Å². The Morgan fingerprint density at radius 3 is 3.00 bits per heavy atom. The molecule has 1 aliphatic heterocycles. The molecule has 2 atom stereocenters. The first-order chi connectivity index (χ1) is 8.60. The third kappa shape index (κ3) is 3.12. The smallest absolute Gasteiger partial charge is 0.0597 e. The number of nitrogens with two attached hydrogens (primary N) is 1. The molecule has 1 aromatic rings. The maximum atomic E-state index is 6.04. The summed E-state index contributed by atoms with van der Waals surface area (Å²) in [6.07, 6.45) is 2.55. The van der Waals surface area contributed by atoms with Gasteiger partial charge in [-0.25, -0.2) is 0 Å². The van der Waals surface area contributed by atoms with Gasteiger partial charge in [0.25, 0.3) is 0 Å². The molecule has 102 valence electrons. The Balaban J connectivity index is 2.00. The zero-order chi connectivity index (χ0) is 13.1. The van der Waals surface area contributed by atoms with E-state index in [9.17, 15) is 0 Å². The number of aryl methyl sites for hydroxylation is 2. The Bertz CT molecular complexity index is 383. The highest BCUT2D eigenvalue weighted by molar-refractivity contribution is 5.09. The standard InChI is InChI=1S/C14H26N4/c1-4-18-14(8-11(2)16-18)10-17-7-5-6-13(9-17)12(3)15/h8,12-13H,4-7,9-10,15H2,1-3H3. The van der Waals surface area contributed by atoms with Crippen LogP contribution in [0.1, 0.15) is 38.1 Å². The van der Waals surface area contributed by atoms with Crippen LogP contribution in [-0.4, -0.2) is 33.8 Å². The normalized spacial score (nSPS) is 23.2. The van der Waals surface area contributed by atoms with Gasteiger partial charge < -0.3 is 5.73 Å². The van der Waals surface area contributed by atoms with E-state index in [2.05, 4.69) is 41.5 Å². The van der Waals surface area contributed by atoms with Gasteiger partial charge in [0, 0.05) is 25.7 Å². The number of likely N-dealkylation sites (tertiary alicyclic amines) is 1. The van der Waals surface area contributed by atoms with Crippen LogP contribution in [0.2, 0.25) is 0 Å². The minimum Gasteiger partial charge on any atom is -0.328 e. The Labute approximate surface area is 110 Å². The summed E-state index contributed by atoms with van der Waals surface area (Å²) in [7, 11) is 0. The van der Waals surface area contributed by atoms with Crippen molar-refractivity contribution in [3.05, 3.63) is 17.5 Å². The Hall–Kier alpha value is -0.870. The topological polar surface area (TPSA) is 47.1 Å². The maximum Gasteiger partial charge on any atom is 0.0597 e. The molecule has 2 rings (SSSR count). The molecule has 2 heterocycles. The van der Waals surface area contributed by atoms with Gasteiger partial charge in [-0.05, 0) is 52.1 Å². The van der Waals surface area contributed by atoms with E-state index in [1.807, 2.05) is 0 Å². The van der Waals surface area contributed by atoms with Gasteiger partial charge in [0.2, 0.25) is 0 Å². The van der Waals surface area contributed by atoms with Gasteiger partial charge in [-0.2, -0.15) is 5.10 Å². The summed E-state index contributed by atoms with van der Waals surface area (Å²) in [5.41, 5.74) is 8.49. The van der Waals surface area contributed by atoms with Gasteiger partial charge in [0.15, 0.2) is 0 Å². The second kappa shape index (κ2) is 5.85. The predicted octanol–water partition coefficient (Wildman–Crippen LogP) is 1.77. The molecule has 0 aromatic carbocycles. The molecule has 18 heavy (non-hydrogen) atoms. The summed E-state index contributed by atoms with van der Waals surface area (Å²) in [4.78, 5) is 2.53. The molecule has 2 N–H and O–H groups in total. The van der Waals surface area contributed by atoms with Crippen LogP contribution in [0.4, 0.5) is 0 Å². The summed E-state index contributed by atoms with van der Waals surface area (Å²) < 4.78 is 2.12. The Morgan fingerprint density at radius 1 is 1.56 bits per heavy atom. The number of piperidine rings is 1. The van der Waals surface area contributed by atoms with E-state index in [-0.39, 0.29) is 0 Å². The van der Waals surface area contributed by atoms with E-state index in [4.69, 9.17) is 5.73 Å². The van der Waals surface area contributed by atoms with Crippen LogP contribution in [0, 0.1) is 12.8 Å². The molecular formula is C14H26N4. The van der Waals surface area contributed by atoms with E-state index in [0.29, 0.717) is 12.0 Å². The van der Waals surface area contributed by atoms with Gasteiger partial charge in [0.1, 0.15) is 0 Å². The zero-order valence-electron chi connectivity index (χ0n) is 11.9. The summed E-state index contributed by atoms with van der Waals surface area (Å²) >= 11 is 0. The van der Waals surface area contributed by atoms with Crippen LogP contribution >= 0.6 is 0 Å². The molecule has 0 aliphatic carbocycles. The average Bonchev–Trinajstić information content (AvgIpc) is 2.69. The molecule has 4 heteroatoms. The van der Waals surface area contributed by atoms with Gasteiger partial charge in [-0.15, -0.1) is 0 Å². The van der Waals surface area contributed by atoms with Crippen LogP contribution in [0.3, 0.4) is 0 Å². The lowest BCUT2D eigenvalue weighted by atomic mass is 9.92. The number of hydrogen-bond acceptors (Lipinski definition) is 3. The molecule has 0 spiro atoms. The first-order valence-electron chi connectivity index (χ1n) is 7.11. The van der Waals surface area contributed by atoms with E-state index in [0.717, 1.165) is 25.3 Å². The molecule has 2 unspecified atom stereocenters. The molecule has 1 aromatic heterocycles.